The summed E-state index contributed by atoms with van der Waals surface area (Å²) in [6, 6.07) is 12.1. The monoisotopic (exact) mass is 320 g/mol. The van der Waals surface area contributed by atoms with E-state index < -0.39 is 0 Å². The van der Waals surface area contributed by atoms with Crippen LogP contribution in [0.5, 0.6) is 0 Å². The van der Waals surface area contributed by atoms with Crippen molar-refractivity contribution in [3.8, 4) is 11.3 Å². The van der Waals surface area contributed by atoms with Crippen molar-refractivity contribution >= 4 is 30.6 Å². The van der Waals surface area contributed by atoms with Gasteiger partial charge in [0.05, 0.1) is 12.8 Å². The minimum Gasteiger partial charge on any atom is -0.464 e. The van der Waals surface area contributed by atoms with Crippen molar-refractivity contribution in [2.24, 2.45) is 4.99 Å². The summed E-state index contributed by atoms with van der Waals surface area (Å²) in [5.41, 5.74) is 2.22. The fraction of sp³-hybridized carbons (Fsp3) is 0.154. The average Bonchev–Trinajstić information content (AvgIpc) is 3.03. The number of halogens is 2. The third-order valence-corrected chi connectivity index (χ3v) is 2.64. The first-order valence-electron chi connectivity index (χ1n) is 5.36. The molecule has 20 heavy (non-hydrogen) atoms. The lowest BCUT2D eigenvalue weighted by molar-refractivity contribution is 0.582. The number of hydrogen-bond acceptors (Lipinski definition) is 3. The second-order valence-electron chi connectivity index (χ2n) is 3.71. The van der Waals surface area contributed by atoms with E-state index in [-0.39, 0.29) is 35.8 Å². The largest absolute Gasteiger partial charge is 0.464 e. The molecule has 0 radical (unpaired) electrons. The topological polar surface area (TPSA) is 101 Å². The first-order chi connectivity index (χ1) is 7.93. The standard InChI is InChI=1S/C13H12N2O.2ClH.2H2O/c1-2-12(16-9-1)10-3-5-11(6-4-10)13-14-7-8-15-13;;;;/h1-6,9H,7-8H2,(H,14,15);2*1H;2*1H2. The van der Waals surface area contributed by atoms with Gasteiger partial charge in [-0.3, -0.25) is 4.99 Å². The Balaban J connectivity index is 0. The summed E-state index contributed by atoms with van der Waals surface area (Å²) < 4.78 is 5.34. The quantitative estimate of drug-likeness (QED) is 0.906. The van der Waals surface area contributed by atoms with E-state index in [1.807, 2.05) is 12.1 Å². The molecular weight excluding hydrogens is 303 g/mol. The van der Waals surface area contributed by atoms with E-state index in [9.17, 15) is 0 Å². The minimum absolute atomic E-state index is 0. The molecule has 2 heterocycles. The van der Waals surface area contributed by atoms with Gasteiger partial charge in [0.1, 0.15) is 11.6 Å². The predicted molar refractivity (Wildman–Crippen MR) is 85.3 cm³/mol. The van der Waals surface area contributed by atoms with E-state index in [4.69, 9.17) is 4.42 Å². The number of amidine groups is 1. The highest BCUT2D eigenvalue weighted by molar-refractivity contribution is 6.00. The third-order valence-electron chi connectivity index (χ3n) is 2.64. The molecule has 0 fully saturated rings. The summed E-state index contributed by atoms with van der Waals surface area (Å²) in [6.45, 7) is 1.81. The highest BCUT2D eigenvalue weighted by Gasteiger charge is 2.08. The van der Waals surface area contributed by atoms with Crippen molar-refractivity contribution in [1.29, 1.82) is 0 Å². The molecule has 5 nitrogen and oxygen atoms in total. The number of nitrogens with one attached hydrogen (secondary N) is 1. The average molecular weight is 321 g/mol. The Labute approximate surface area is 129 Å². The molecule has 0 saturated carbocycles. The smallest absolute Gasteiger partial charge is 0.133 e. The molecular formula is C13H18Cl2N2O3. The zero-order chi connectivity index (χ0) is 10.8. The van der Waals surface area contributed by atoms with Crippen LogP contribution in [-0.4, -0.2) is 29.9 Å². The van der Waals surface area contributed by atoms with Crippen LogP contribution in [-0.2, 0) is 0 Å². The van der Waals surface area contributed by atoms with E-state index in [2.05, 4.69) is 34.6 Å². The molecule has 1 aromatic carbocycles. The first-order valence-corrected chi connectivity index (χ1v) is 5.36. The van der Waals surface area contributed by atoms with Crippen LogP contribution in [0.4, 0.5) is 0 Å². The van der Waals surface area contributed by atoms with Gasteiger partial charge >= 0.3 is 0 Å². The van der Waals surface area contributed by atoms with Crippen LogP contribution in [0.1, 0.15) is 5.56 Å². The highest BCUT2D eigenvalue weighted by atomic mass is 35.5. The lowest BCUT2D eigenvalue weighted by Gasteiger charge is -2.03. The summed E-state index contributed by atoms with van der Waals surface area (Å²) in [4.78, 5) is 4.38. The normalized spacial score (nSPS) is 11.7. The molecule has 0 saturated heterocycles. The maximum atomic E-state index is 5.34. The van der Waals surface area contributed by atoms with Crippen molar-refractivity contribution in [3.05, 3.63) is 48.2 Å². The maximum Gasteiger partial charge on any atom is 0.133 e. The number of benzene rings is 1. The second kappa shape index (κ2) is 9.39. The zero-order valence-corrected chi connectivity index (χ0v) is 12.3. The predicted octanol–water partition coefficient (Wildman–Crippen LogP) is 1.49. The minimum atomic E-state index is 0. The van der Waals surface area contributed by atoms with Crippen LogP contribution >= 0.6 is 24.8 Å². The molecule has 0 aliphatic carbocycles. The number of furan rings is 1. The molecule has 0 bridgehead atoms. The molecule has 0 atom stereocenters. The van der Waals surface area contributed by atoms with Crippen molar-refractivity contribution in [2.45, 2.75) is 0 Å². The first kappa shape index (κ1) is 20.8. The Kier molecular flexibility index (Phi) is 9.75. The van der Waals surface area contributed by atoms with Gasteiger partial charge in [0.25, 0.3) is 0 Å². The maximum absolute atomic E-state index is 5.34. The summed E-state index contributed by atoms with van der Waals surface area (Å²) in [6.07, 6.45) is 1.69. The van der Waals surface area contributed by atoms with Crippen LogP contribution in [0.15, 0.2) is 52.1 Å². The third kappa shape index (κ3) is 4.25. The van der Waals surface area contributed by atoms with E-state index in [1.54, 1.807) is 6.26 Å². The van der Waals surface area contributed by atoms with Crippen molar-refractivity contribution in [2.75, 3.05) is 13.1 Å². The van der Waals surface area contributed by atoms with Gasteiger partial charge in [-0.15, -0.1) is 24.8 Å². The molecule has 0 unspecified atom stereocenters. The second-order valence-corrected chi connectivity index (χ2v) is 3.71. The number of hydrogen-bond donors (Lipinski definition) is 1. The van der Waals surface area contributed by atoms with Gasteiger partial charge in [-0.1, -0.05) is 24.3 Å². The molecule has 0 amide bonds. The summed E-state index contributed by atoms with van der Waals surface area (Å²) >= 11 is 0. The van der Waals surface area contributed by atoms with E-state index in [0.29, 0.717) is 0 Å². The molecule has 1 aromatic heterocycles. The van der Waals surface area contributed by atoms with Crippen LogP contribution in [0.25, 0.3) is 11.3 Å². The van der Waals surface area contributed by atoms with E-state index >= 15 is 0 Å². The van der Waals surface area contributed by atoms with Crippen molar-refractivity contribution in [1.82, 2.24) is 5.32 Å². The van der Waals surface area contributed by atoms with Crippen LogP contribution in [0.2, 0.25) is 0 Å². The highest BCUT2D eigenvalue weighted by Crippen LogP contribution is 2.20. The van der Waals surface area contributed by atoms with Gasteiger partial charge in [0.2, 0.25) is 0 Å². The van der Waals surface area contributed by atoms with Gasteiger partial charge < -0.3 is 20.7 Å². The number of aliphatic imine (C=N–C) groups is 1. The van der Waals surface area contributed by atoms with E-state index in [1.165, 1.54) is 0 Å². The molecule has 7 heteroatoms. The zero-order valence-electron chi connectivity index (χ0n) is 10.6. The molecule has 1 aliphatic rings. The fourth-order valence-electron chi connectivity index (χ4n) is 1.83. The van der Waals surface area contributed by atoms with E-state index in [0.717, 1.165) is 35.8 Å². The lowest BCUT2D eigenvalue weighted by Crippen LogP contribution is -2.19. The summed E-state index contributed by atoms with van der Waals surface area (Å²) in [5, 5.41) is 3.25. The molecule has 2 aromatic rings. The van der Waals surface area contributed by atoms with Gasteiger partial charge in [0, 0.05) is 17.7 Å². The van der Waals surface area contributed by atoms with Gasteiger partial charge in [0.15, 0.2) is 0 Å². The SMILES string of the molecule is Cl.Cl.O.O.c1coc(-c2ccc(C3=NCCN3)cc2)c1. The van der Waals surface area contributed by atoms with Crippen molar-refractivity contribution < 1.29 is 15.4 Å². The molecule has 3 rings (SSSR count). The Morgan fingerprint density at radius 1 is 0.950 bits per heavy atom. The Bertz CT molecular complexity index is 513. The van der Waals surface area contributed by atoms with Gasteiger partial charge in [-0.05, 0) is 12.1 Å². The molecule has 112 valence electrons. The number of nitrogens with zero attached hydrogens (tertiary/aromatic N) is 1. The Morgan fingerprint density at radius 3 is 2.10 bits per heavy atom. The summed E-state index contributed by atoms with van der Waals surface area (Å²) in [5.74, 6) is 1.89. The summed E-state index contributed by atoms with van der Waals surface area (Å²) in [7, 11) is 0. The van der Waals surface area contributed by atoms with Crippen LogP contribution in [0.3, 0.4) is 0 Å². The van der Waals surface area contributed by atoms with Crippen molar-refractivity contribution in [3.63, 3.8) is 0 Å². The lowest BCUT2D eigenvalue weighted by atomic mass is 10.1. The van der Waals surface area contributed by atoms with Gasteiger partial charge in [-0.25, -0.2) is 0 Å². The van der Waals surface area contributed by atoms with Crippen LogP contribution < -0.4 is 5.32 Å². The van der Waals surface area contributed by atoms with Gasteiger partial charge in [-0.2, -0.15) is 0 Å². The molecule has 0 spiro atoms. The Morgan fingerprint density at radius 2 is 1.60 bits per heavy atom. The number of rotatable bonds is 2. The molecule has 5 N–H and O–H groups in total. The molecule has 1 aliphatic heterocycles. The fourth-order valence-corrected chi connectivity index (χ4v) is 1.83. The van der Waals surface area contributed by atoms with Crippen LogP contribution in [0, 0.1) is 0 Å². The Hall–Kier alpha value is -1.53.